The van der Waals surface area contributed by atoms with Crippen LogP contribution in [0.25, 0.3) is 0 Å². The molecule has 0 radical (unpaired) electrons. The Kier molecular flexibility index (Phi) is 3.33. The molecular weight excluding hydrogens is 212 g/mol. The van der Waals surface area contributed by atoms with Crippen molar-refractivity contribution in [2.45, 2.75) is 19.4 Å². The van der Waals surface area contributed by atoms with Crippen LogP contribution >= 0.6 is 11.3 Å². The number of aromatic nitrogens is 1. The molecule has 0 unspecified atom stereocenters. The normalized spacial score (nSPS) is 20.9. The van der Waals surface area contributed by atoms with Crippen LogP contribution in [0.4, 0.5) is 0 Å². The quantitative estimate of drug-likeness (QED) is 0.782. The zero-order valence-electron chi connectivity index (χ0n) is 8.68. The van der Waals surface area contributed by atoms with Crippen molar-refractivity contribution >= 4 is 17.2 Å². The number of rotatable bonds is 3. The molecule has 0 aromatic carbocycles. The van der Waals surface area contributed by atoms with E-state index in [0.717, 1.165) is 13.0 Å². The Bertz CT molecular complexity index is 326. The van der Waals surface area contributed by atoms with Crippen molar-refractivity contribution in [1.82, 2.24) is 9.88 Å². The summed E-state index contributed by atoms with van der Waals surface area (Å²) in [5.74, 6) is 0.0831. The minimum Gasteiger partial charge on any atom is -0.377 e. The Hall–Kier alpha value is -0.940. The number of thiazole rings is 1. The first-order chi connectivity index (χ1) is 7.31. The lowest BCUT2D eigenvalue weighted by Gasteiger charge is -2.14. The molecule has 1 fully saturated rings. The van der Waals surface area contributed by atoms with Crippen molar-refractivity contribution in [1.29, 1.82) is 0 Å². The van der Waals surface area contributed by atoms with E-state index < -0.39 is 0 Å². The molecule has 1 saturated heterocycles. The molecule has 1 aliphatic heterocycles. The van der Waals surface area contributed by atoms with Crippen molar-refractivity contribution in [2.75, 3.05) is 19.7 Å². The van der Waals surface area contributed by atoms with E-state index in [1.165, 1.54) is 11.3 Å². The summed E-state index contributed by atoms with van der Waals surface area (Å²) in [6.07, 6.45) is 2.78. The van der Waals surface area contributed by atoms with E-state index in [9.17, 15) is 4.79 Å². The molecule has 5 heteroatoms. The van der Waals surface area contributed by atoms with Gasteiger partial charge in [0.05, 0.1) is 17.8 Å². The molecule has 4 nitrogen and oxygen atoms in total. The predicted molar refractivity (Wildman–Crippen MR) is 58.0 cm³/mol. The Balaban J connectivity index is 1.93. The molecule has 1 aliphatic rings. The molecule has 82 valence electrons. The van der Waals surface area contributed by atoms with Crippen LogP contribution in [0.15, 0.2) is 11.7 Å². The molecule has 1 aromatic heterocycles. The molecular formula is C10H14N2O2S. The highest BCUT2D eigenvalue weighted by molar-refractivity contribution is 7.11. The summed E-state index contributed by atoms with van der Waals surface area (Å²) in [6.45, 7) is 4.20. The van der Waals surface area contributed by atoms with Crippen LogP contribution in [-0.4, -0.2) is 41.6 Å². The second kappa shape index (κ2) is 4.72. The minimum atomic E-state index is 0.0831. The Morgan fingerprint density at radius 1 is 1.80 bits per heavy atom. The van der Waals surface area contributed by atoms with Gasteiger partial charge >= 0.3 is 0 Å². The molecule has 0 N–H and O–H groups in total. The van der Waals surface area contributed by atoms with E-state index in [-0.39, 0.29) is 12.0 Å². The van der Waals surface area contributed by atoms with Crippen LogP contribution in [0.1, 0.15) is 23.0 Å². The summed E-state index contributed by atoms with van der Waals surface area (Å²) < 4.78 is 5.49. The van der Waals surface area contributed by atoms with E-state index in [2.05, 4.69) is 4.98 Å². The number of hydrogen-bond donors (Lipinski definition) is 0. The Morgan fingerprint density at radius 2 is 2.67 bits per heavy atom. The molecule has 2 heterocycles. The number of carbonyl (C=O) groups excluding carboxylic acids is 1. The first-order valence-corrected chi connectivity index (χ1v) is 5.98. The second-order valence-electron chi connectivity index (χ2n) is 3.48. The van der Waals surface area contributed by atoms with Crippen LogP contribution in [0.2, 0.25) is 0 Å². The molecule has 0 saturated carbocycles. The highest BCUT2D eigenvalue weighted by Gasteiger charge is 2.27. The topological polar surface area (TPSA) is 42.4 Å². The number of nitrogens with zero attached hydrogens (tertiary/aromatic N) is 2. The highest BCUT2D eigenvalue weighted by Crippen LogP contribution is 2.17. The largest absolute Gasteiger partial charge is 0.377 e. The summed E-state index contributed by atoms with van der Waals surface area (Å²) >= 11 is 1.39. The van der Waals surface area contributed by atoms with Gasteiger partial charge in [-0.15, -0.1) is 11.3 Å². The fourth-order valence-electron chi connectivity index (χ4n) is 1.76. The number of carbonyl (C=O) groups is 1. The summed E-state index contributed by atoms with van der Waals surface area (Å²) in [6, 6.07) is 0. The lowest BCUT2D eigenvalue weighted by Crippen LogP contribution is -2.29. The summed E-state index contributed by atoms with van der Waals surface area (Å²) in [7, 11) is 0. The van der Waals surface area contributed by atoms with Crippen LogP contribution < -0.4 is 0 Å². The highest BCUT2D eigenvalue weighted by atomic mass is 32.1. The van der Waals surface area contributed by atoms with Gasteiger partial charge in [0.1, 0.15) is 4.88 Å². The third kappa shape index (κ3) is 2.35. The summed E-state index contributed by atoms with van der Waals surface area (Å²) in [5.41, 5.74) is 1.68. The third-order valence-corrected chi connectivity index (χ3v) is 3.24. The van der Waals surface area contributed by atoms with Gasteiger partial charge in [-0.25, -0.2) is 0 Å². The average Bonchev–Trinajstić information content (AvgIpc) is 2.87. The molecule has 0 bridgehead atoms. The van der Waals surface area contributed by atoms with E-state index in [0.29, 0.717) is 18.0 Å². The lowest BCUT2D eigenvalue weighted by atomic mass is 10.3. The maximum Gasteiger partial charge on any atom is 0.265 e. The predicted octanol–water partition coefficient (Wildman–Crippen LogP) is 1.39. The van der Waals surface area contributed by atoms with Crippen LogP contribution in [0.5, 0.6) is 0 Å². The van der Waals surface area contributed by atoms with Crippen LogP contribution in [0.3, 0.4) is 0 Å². The molecule has 0 spiro atoms. The van der Waals surface area contributed by atoms with Crippen molar-refractivity contribution in [2.24, 2.45) is 0 Å². The molecule has 1 aromatic rings. The number of amides is 1. The van der Waals surface area contributed by atoms with Gasteiger partial charge in [-0.1, -0.05) is 0 Å². The van der Waals surface area contributed by atoms with E-state index in [1.54, 1.807) is 11.7 Å². The number of likely N-dealkylation sites (tertiary alicyclic amines) is 1. The van der Waals surface area contributed by atoms with Crippen molar-refractivity contribution in [3.63, 3.8) is 0 Å². The molecule has 0 aliphatic carbocycles. The maximum atomic E-state index is 11.9. The van der Waals surface area contributed by atoms with Crippen LogP contribution in [0, 0.1) is 0 Å². The van der Waals surface area contributed by atoms with E-state index in [4.69, 9.17) is 4.74 Å². The molecule has 15 heavy (non-hydrogen) atoms. The van der Waals surface area contributed by atoms with Gasteiger partial charge in [-0.3, -0.25) is 9.78 Å². The third-order valence-electron chi connectivity index (χ3n) is 2.48. The SMILES string of the molecule is CCO[C@@H]1CCN(C(=O)c2cncs2)C1. The maximum absolute atomic E-state index is 11.9. The molecule has 1 amide bonds. The fourth-order valence-corrected chi connectivity index (χ4v) is 2.35. The first-order valence-electron chi connectivity index (χ1n) is 5.10. The van der Waals surface area contributed by atoms with Gasteiger partial charge in [-0.05, 0) is 13.3 Å². The first kappa shape index (κ1) is 10.6. The zero-order chi connectivity index (χ0) is 10.7. The van der Waals surface area contributed by atoms with E-state index >= 15 is 0 Å². The smallest absolute Gasteiger partial charge is 0.265 e. The van der Waals surface area contributed by atoms with E-state index in [1.807, 2.05) is 11.8 Å². The number of ether oxygens (including phenoxy) is 1. The van der Waals surface area contributed by atoms with Gasteiger partial charge in [-0.2, -0.15) is 0 Å². The molecule has 1 atom stereocenters. The summed E-state index contributed by atoms with van der Waals surface area (Å²) in [4.78, 5) is 18.4. The monoisotopic (exact) mass is 226 g/mol. The fraction of sp³-hybridized carbons (Fsp3) is 0.600. The second-order valence-corrected chi connectivity index (χ2v) is 4.37. The van der Waals surface area contributed by atoms with Gasteiger partial charge in [0.2, 0.25) is 0 Å². The van der Waals surface area contributed by atoms with Crippen molar-refractivity contribution in [3.05, 3.63) is 16.6 Å². The van der Waals surface area contributed by atoms with Gasteiger partial charge in [0.15, 0.2) is 0 Å². The average molecular weight is 226 g/mol. The van der Waals surface area contributed by atoms with Crippen molar-refractivity contribution in [3.8, 4) is 0 Å². The lowest BCUT2D eigenvalue weighted by molar-refractivity contribution is 0.0600. The van der Waals surface area contributed by atoms with Gasteiger partial charge in [0, 0.05) is 19.7 Å². The summed E-state index contributed by atoms with van der Waals surface area (Å²) in [5, 5.41) is 0. The van der Waals surface area contributed by atoms with Gasteiger partial charge in [0.25, 0.3) is 5.91 Å². The van der Waals surface area contributed by atoms with Gasteiger partial charge < -0.3 is 9.64 Å². The number of hydrogen-bond acceptors (Lipinski definition) is 4. The zero-order valence-corrected chi connectivity index (χ0v) is 9.50. The standard InChI is InChI=1S/C10H14N2O2S/c1-2-14-8-3-4-12(6-8)10(13)9-5-11-7-15-9/h5,7-8H,2-4,6H2,1H3/t8-/m1/s1. The van der Waals surface area contributed by atoms with Crippen LogP contribution in [-0.2, 0) is 4.74 Å². The van der Waals surface area contributed by atoms with Crippen molar-refractivity contribution < 1.29 is 9.53 Å². The Labute approximate surface area is 92.9 Å². The minimum absolute atomic E-state index is 0.0831. The Morgan fingerprint density at radius 3 is 3.33 bits per heavy atom. The molecule has 2 rings (SSSR count).